The molecule has 1 unspecified atom stereocenters. The van der Waals surface area contributed by atoms with Crippen molar-refractivity contribution in [1.82, 2.24) is 15.3 Å². The Balaban J connectivity index is 2.05. The number of aromatic nitrogens is 2. The Morgan fingerprint density at radius 2 is 2.32 bits per heavy atom. The minimum Gasteiger partial charge on any atom is -0.352 e. The predicted octanol–water partition coefficient (Wildman–Crippen LogP) is 2.56. The summed E-state index contributed by atoms with van der Waals surface area (Å²) in [7, 11) is 0. The third-order valence-electron chi connectivity index (χ3n) is 3.56. The van der Waals surface area contributed by atoms with Crippen LogP contribution in [0.2, 0.25) is 0 Å². The molecule has 0 bridgehead atoms. The standard InChI is InChI=1S/C14H24N4S/c1-3-7-15-10-12-6-4-5-8-18(12)13-9-14(19-2)17-11-16-13/h9,11-12,15H,3-8,10H2,1-2H3. The Kier molecular flexibility index (Phi) is 5.92. The minimum atomic E-state index is 0.574. The van der Waals surface area contributed by atoms with Crippen molar-refractivity contribution in [3.05, 3.63) is 12.4 Å². The molecule has 2 rings (SSSR count). The van der Waals surface area contributed by atoms with Crippen LogP contribution in [0.15, 0.2) is 17.4 Å². The largest absolute Gasteiger partial charge is 0.352 e. The highest BCUT2D eigenvalue weighted by atomic mass is 32.2. The van der Waals surface area contributed by atoms with Crippen LogP contribution in [0.1, 0.15) is 32.6 Å². The van der Waals surface area contributed by atoms with E-state index in [1.807, 2.05) is 0 Å². The maximum Gasteiger partial charge on any atom is 0.133 e. The lowest BCUT2D eigenvalue weighted by atomic mass is 10.0. The summed E-state index contributed by atoms with van der Waals surface area (Å²) in [5.41, 5.74) is 0. The van der Waals surface area contributed by atoms with E-state index in [1.54, 1.807) is 18.1 Å². The molecule has 4 nitrogen and oxygen atoms in total. The zero-order valence-corrected chi connectivity index (χ0v) is 12.7. The smallest absolute Gasteiger partial charge is 0.133 e. The lowest BCUT2D eigenvalue weighted by Crippen LogP contribution is -2.46. The summed E-state index contributed by atoms with van der Waals surface area (Å²) in [5, 5.41) is 4.59. The van der Waals surface area contributed by atoms with E-state index >= 15 is 0 Å². The van der Waals surface area contributed by atoms with Crippen LogP contribution in [-0.4, -0.2) is 41.9 Å². The van der Waals surface area contributed by atoms with Gasteiger partial charge in [-0.25, -0.2) is 9.97 Å². The molecular formula is C14H24N4S. The maximum atomic E-state index is 4.46. The van der Waals surface area contributed by atoms with Gasteiger partial charge in [-0.3, -0.25) is 0 Å². The van der Waals surface area contributed by atoms with E-state index in [0.29, 0.717) is 6.04 Å². The number of rotatable bonds is 6. The molecule has 1 fully saturated rings. The van der Waals surface area contributed by atoms with Crippen molar-refractivity contribution in [2.45, 2.75) is 43.7 Å². The van der Waals surface area contributed by atoms with Gasteiger partial charge in [0.1, 0.15) is 17.2 Å². The Hall–Kier alpha value is -0.810. The van der Waals surface area contributed by atoms with Gasteiger partial charge >= 0.3 is 0 Å². The normalized spacial score (nSPS) is 19.7. The Morgan fingerprint density at radius 3 is 3.11 bits per heavy atom. The molecule has 1 saturated heterocycles. The van der Waals surface area contributed by atoms with E-state index in [2.05, 4.69) is 39.4 Å². The van der Waals surface area contributed by atoms with E-state index in [-0.39, 0.29) is 0 Å². The second-order valence-corrected chi connectivity index (χ2v) is 5.79. The SMILES string of the molecule is CCCNCC1CCCCN1c1cc(SC)ncn1. The first kappa shape index (κ1) is 14.6. The Bertz CT molecular complexity index is 385. The van der Waals surface area contributed by atoms with Crippen LogP contribution in [-0.2, 0) is 0 Å². The molecular weight excluding hydrogens is 256 g/mol. The molecule has 0 saturated carbocycles. The van der Waals surface area contributed by atoms with E-state index in [0.717, 1.165) is 30.5 Å². The zero-order chi connectivity index (χ0) is 13.5. The molecule has 1 atom stereocenters. The van der Waals surface area contributed by atoms with Gasteiger partial charge in [0, 0.05) is 25.2 Å². The topological polar surface area (TPSA) is 41.0 Å². The second-order valence-electron chi connectivity index (χ2n) is 4.97. The number of piperidine rings is 1. The monoisotopic (exact) mass is 280 g/mol. The first-order valence-electron chi connectivity index (χ1n) is 7.18. The second kappa shape index (κ2) is 7.70. The summed E-state index contributed by atoms with van der Waals surface area (Å²) < 4.78 is 0. The molecule has 0 aromatic carbocycles. The van der Waals surface area contributed by atoms with E-state index in [9.17, 15) is 0 Å². The number of thioether (sulfide) groups is 1. The van der Waals surface area contributed by atoms with Gasteiger partial charge in [0.05, 0.1) is 0 Å². The molecule has 1 aromatic heterocycles. The third kappa shape index (κ3) is 4.08. The molecule has 1 aliphatic heterocycles. The van der Waals surface area contributed by atoms with Gasteiger partial charge in [-0.2, -0.15) is 0 Å². The van der Waals surface area contributed by atoms with E-state index < -0.39 is 0 Å². The van der Waals surface area contributed by atoms with Gasteiger partial charge in [0.25, 0.3) is 0 Å². The van der Waals surface area contributed by atoms with Crippen molar-refractivity contribution in [2.24, 2.45) is 0 Å². The van der Waals surface area contributed by atoms with Crippen LogP contribution in [0.3, 0.4) is 0 Å². The Morgan fingerprint density at radius 1 is 1.42 bits per heavy atom. The number of hydrogen-bond acceptors (Lipinski definition) is 5. The van der Waals surface area contributed by atoms with Crippen molar-refractivity contribution in [3.8, 4) is 0 Å². The summed E-state index contributed by atoms with van der Waals surface area (Å²) in [6.45, 7) is 5.49. The van der Waals surface area contributed by atoms with Gasteiger partial charge in [0.2, 0.25) is 0 Å². The highest BCUT2D eigenvalue weighted by Gasteiger charge is 2.23. The molecule has 19 heavy (non-hydrogen) atoms. The third-order valence-corrected chi connectivity index (χ3v) is 4.21. The summed E-state index contributed by atoms with van der Waals surface area (Å²) in [4.78, 5) is 11.2. The fourth-order valence-corrected chi connectivity index (χ4v) is 2.93. The fraction of sp³-hybridized carbons (Fsp3) is 0.714. The van der Waals surface area contributed by atoms with Crippen molar-refractivity contribution >= 4 is 17.6 Å². The molecule has 1 aliphatic rings. The molecule has 2 heterocycles. The molecule has 1 aromatic rings. The van der Waals surface area contributed by atoms with Crippen LogP contribution >= 0.6 is 11.8 Å². The quantitative estimate of drug-likeness (QED) is 0.493. The predicted molar refractivity (Wildman–Crippen MR) is 82.0 cm³/mol. The lowest BCUT2D eigenvalue weighted by Gasteiger charge is -2.37. The highest BCUT2D eigenvalue weighted by molar-refractivity contribution is 7.98. The van der Waals surface area contributed by atoms with Crippen molar-refractivity contribution < 1.29 is 0 Å². The van der Waals surface area contributed by atoms with Gasteiger partial charge in [-0.1, -0.05) is 6.92 Å². The zero-order valence-electron chi connectivity index (χ0n) is 11.9. The fourth-order valence-electron chi connectivity index (χ4n) is 2.56. The molecule has 0 aliphatic carbocycles. The van der Waals surface area contributed by atoms with Crippen molar-refractivity contribution in [3.63, 3.8) is 0 Å². The Labute approximate surface area is 120 Å². The molecule has 0 radical (unpaired) electrons. The summed E-state index contributed by atoms with van der Waals surface area (Å²) in [6.07, 6.45) is 8.79. The van der Waals surface area contributed by atoms with E-state index in [4.69, 9.17) is 0 Å². The average Bonchev–Trinajstić information content (AvgIpc) is 2.48. The lowest BCUT2D eigenvalue weighted by molar-refractivity contribution is 0.432. The van der Waals surface area contributed by atoms with Gasteiger partial charge in [0.15, 0.2) is 0 Å². The van der Waals surface area contributed by atoms with Crippen LogP contribution in [0, 0.1) is 0 Å². The van der Waals surface area contributed by atoms with E-state index in [1.165, 1.54) is 25.7 Å². The number of anilines is 1. The van der Waals surface area contributed by atoms with Crippen LogP contribution in [0.5, 0.6) is 0 Å². The highest BCUT2D eigenvalue weighted by Crippen LogP contribution is 2.24. The number of hydrogen-bond donors (Lipinski definition) is 1. The molecule has 0 amide bonds. The summed E-state index contributed by atoms with van der Waals surface area (Å²) >= 11 is 1.68. The van der Waals surface area contributed by atoms with Gasteiger partial charge in [-0.05, 0) is 38.5 Å². The van der Waals surface area contributed by atoms with Crippen LogP contribution in [0.4, 0.5) is 5.82 Å². The molecule has 1 N–H and O–H groups in total. The molecule has 0 spiro atoms. The average molecular weight is 280 g/mol. The van der Waals surface area contributed by atoms with Crippen molar-refractivity contribution in [2.75, 3.05) is 30.8 Å². The number of nitrogens with zero attached hydrogens (tertiary/aromatic N) is 3. The van der Waals surface area contributed by atoms with Gasteiger partial charge in [-0.15, -0.1) is 11.8 Å². The maximum absolute atomic E-state index is 4.46. The molecule has 5 heteroatoms. The summed E-state index contributed by atoms with van der Waals surface area (Å²) in [5.74, 6) is 1.09. The minimum absolute atomic E-state index is 0.574. The van der Waals surface area contributed by atoms with Crippen LogP contribution < -0.4 is 10.2 Å². The molecule has 106 valence electrons. The number of nitrogens with one attached hydrogen (secondary N) is 1. The van der Waals surface area contributed by atoms with Crippen LogP contribution in [0.25, 0.3) is 0 Å². The first-order valence-corrected chi connectivity index (χ1v) is 8.41. The summed E-state index contributed by atoms with van der Waals surface area (Å²) in [6, 6.07) is 2.69. The van der Waals surface area contributed by atoms with Gasteiger partial charge < -0.3 is 10.2 Å². The van der Waals surface area contributed by atoms with Crippen molar-refractivity contribution in [1.29, 1.82) is 0 Å². The first-order chi connectivity index (χ1) is 9.35.